The van der Waals surface area contributed by atoms with Crippen molar-refractivity contribution in [2.45, 2.75) is 51.2 Å². The van der Waals surface area contributed by atoms with Crippen molar-refractivity contribution in [2.24, 2.45) is 5.92 Å². The molecule has 86 valence electrons. The Morgan fingerprint density at radius 3 is 2.60 bits per heavy atom. The van der Waals surface area contributed by atoms with Gasteiger partial charge in [-0.05, 0) is 32.1 Å². The molecule has 2 aliphatic rings. The van der Waals surface area contributed by atoms with E-state index in [0.717, 1.165) is 51.7 Å². The second kappa shape index (κ2) is 5.61. The molecule has 1 atom stereocenters. The number of hydrogen-bond donors (Lipinski definition) is 0. The van der Waals surface area contributed by atoms with Gasteiger partial charge in [0.25, 0.3) is 0 Å². The van der Waals surface area contributed by atoms with E-state index in [4.69, 9.17) is 9.47 Å². The van der Waals surface area contributed by atoms with E-state index in [2.05, 4.69) is 0 Å². The molecule has 2 rings (SSSR count). The first-order valence-corrected chi connectivity index (χ1v) is 6.12. The summed E-state index contributed by atoms with van der Waals surface area (Å²) >= 11 is 0. The van der Waals surface area contributed by atoms with Gasteiger partial charge in [-0.25, -0.2) is 0 Å². The van der Waals surface area contributed by atoms with Crippen molar-refractivity contribution in [3.63, 3.8) is 0 Å². The second-order valence-corrected chi connectivity index (χ2v) is 4.51. The lowest BCUT2D eigenvalue weighted by atomic mass is 9.85. The molecule has 1 unspecified atom stereocenters. The van der Waals surface area contributed by atoms with Gasteiger partial charge >= 0.3 is 0 Å². The number of Topliss-reactive ketones (excluding diaryl/α,β-unsaturated/α-hetero) is 1. The second-order valence-electron chi connectivity index (χ2n) is 4.51. The van der Waals surface area contributed by atoms with Crippen LogP contribution >= 0.6 is 0 Å². The molecule has 0 N–H and O–H groups in total. The first-order valence-electron chi connectivity index (χ1n) is 6.12. The van der Waals surface area contributed by atoms with E-state index in [1.807, 2.05) is 0 Å². The van der Waals surface area contributed by atoms with Gasteiger partial charge in [0.15, 0.2) is 6.29 Å². The maximum atomic E-state index is 11.6. The number of carbonyl (C=O) groups is 1. The summed E-state index contributed by atoms with van der Waals surface area (Å²) in [4.78, 5) is 11.6. The maximum Gasteiger partial charge on any atom is 0.157 e. The average molecular weight is 212 g/mol. The largest absolute Gasteiger partial charge is 0.353 e. The zero-order valence-electron chi connectivity index (χ0n) is 9.24. The van der Waals surface area contributed by atoms with Crippen LogP contribution in [0.2, 0.25) is 0 Å². The van der Waals surface area contributed by atoms with Gasteiger partial charge in [-0.1, -0.05) is 6.42 Å². The lowest BCUT2D eigenvalue weighted by molar-refractivity contribution is -0.182. The van der Waals surface area contributed by atoms with E-state index in [-0.39, 0.29) is 12.2 Å². The average Bonchev–Trinajstić information content (AvgIpc) is 2.29. The molecule has 0 aromatic rings. The minimum Gasteiger partial charge on any atom is -0.353 e. The van der Waals surface area contributed by atoms with Gasteiger partial charge in [0.1, 0.15) is 5.78 Å². The number of ether oxygens (including phenoxy) is 2. The highest BCUT2D eigenvalue weighted by Gasteiger charge is 2.24. The zero-order valence-corrected chi connectivity index (χ0v) is 9.24. The number of ketones is 1. The number of carbonyl (C=O) groups excluding carboxylic acids is 1. The molecule has 15 heavy (non-hydrogen) atoms. The van der Waals surface area contributed by atoms with Gasteiger partial charge in [-0.2, -0.15) is 0 Å². The third-order valence-corrected chi connectivity index (χ3v) is 3.33. The van der Waals surface area contributed by atoms with Crippen LogP contribution in [0.4, 0.5) is 0 Å². The lowest BCUT2D eigenvalue weighted by Crippen LogP contribution is -2.27. The summed E-state index contributed by atoms with van der Waals surface area (Å²) in [5, 5.41) is 0. The normalized spacial score (nSPS) is 29.3. The molecular formula is C12H20O3. The molecule has 1 aliphatic heterocycles. The summed E-state index contributed by atoms with van der Waals surface area (Å²) in [6.45, 7) is 1.62. The molecule has 1 heterocycles. The first kappa shape index (κ1) is 11.1. The third-order valence-electron chi connectivity index (χ3n) is 3.33. The molecule has 0 radical (unpaired) electrons. The topological polar surface area (TPSA) is 35.5 Å². The van der Waals surface area contributed by atoms with Crippen LogP contribution in [0.5, 0.6) is 0 Å². The van der Waals surface area contributed by atoms with E-state index < -0.39 is 0 Å². The van der Waals surface area contributed by atoms with Crippen LogP contribution in [0.25, 0.3) is 0 Å². The number of rotatable bonds is 3. The van der Waals surface area contributed by atoms with Crippen LogP contribution in [0.3, 0.4) is 0 Å². The maximum absolute atomic E-state index is 11.6. The molecule has 1 saturated heterocycles. The molecule has 2 fully saturated rings. The van der Waals surface area contributed by atoms with Crippen LogP contribution in [0.1, 0.15) is 44.9 Å². The Hall–Kier alpha value is -0.410. The minimum absolute atomic E-state index is 0.0477. The Labute approximate surface area is 91.1 Å². The van der Waals surface area contributed by atoms with Crippen molar-refractivity contribution >= 4 is 5.78 Å². The van der Waals surface area contributed by atoms with Gasteiger partial charge in [0.05, 0.1) is 13.2 Å². The SMILES string of the molecule is O=C1CCCCC1CCC1OCCCO1. The van der Waals surface area contributed by atoms with E-state index in [1.54, 1.807) is 0 Å². The van der Waals surface area contributed by atoms with Crippen LogP contribution in [-0.2, 0) is 14.3 Å². The Kier molecular flexibility index (Phi) is 4.15. The molecule has 1 saturated carbocycles. The van der Waals surface area contributed by atoms with Gasteiger partial charge < -0.3 is 9.47 Å². The predicted molar refractivity (Wildman–Crippen MR) is 56.5 cm³/mol. The highest BCUT2D eigenvalue weighted by Crippen LogP contribution is 2.26. The molecule has 0 spiro atoms. The van der Waals surface area contributed by atoms with Crippen molar-refractivity contribution in [1.82, 2.24) is 0 Å². The fraction of sp³-hybridized carbons (Fsp3) is 0.917. The molecular weight excluding hydrogens is 192 g/mol. The molecule has 3 nitrogen and oxygen atoms in total. The molecule has 0 aromatic carbocycles. The standard InChI is InChI=1S/C12H20O3/c13-11-5-2-1-4-10(11)6-7-12-14-8-3-9-15-12/h10,12H,1-9H2. The van der Waals surface area contributed by atoms with Crippen LogP contribution in [0.15, 0.2) is 0 Å². The van der Waals surface area contributed by atoms with E-state index in [0.29, 0.717) is 5.78 Å². The van der Waals surface area contributed by atoms with E-state index in [9.17, 15) is 4.79 Å². The van der Waals surface area contributed by atoms with Crippen LogP contribution < -0.4 is 0 Å². The Balaban J connectivity index is 1.69. The molecule has 0 bridgehead atoms. The van der Waals surface area contributed by atoms with Crippen LogP contribution in [-0.4, -0.2) is 25.3 Å². The quantitative estimate of drug-likeness (QED) is 0.720. The Bertz CT molecular complexity index is 209. The van der Waals surface area contributed by atoms with Gasteiger partial charge in [0, 0.05) is 12.3 Å². The monoisotopic (exact) mass is 212 g/mol. The van der Waals surface area contributed by atoms with Crippen LogP contribution in [0, 0.1) is 5.92 Å². The minimum atomic E-state index is -0.0477. The Morgan fingerprint density at radius 1 is 1.07 bits per heavy atom. The molecule has 0 amide bonds. The van der Waals surface area contributed by atoms with E-state index >= 15 is 0 Å². The number of hydrogen-bond acceptors (Lipinski definition) is 3. The summed E-state index contributed by atoms with van der Waals surface area (Å²) < 4.78 is 10.9. The predicted octanol–water partition coefficient (Wildman–Crippen LogP) is 2.29. The summed E-state index contributed by atoms with van der Waals surface area (Å²) in [6.07, 6.45) is 6.95. The molecule has 1 aliphatic carbocycles. The fourth-order valence-electron chi connectivity index (χ4n) is 2.40. The van der Waals surface area contributed by atoms with Gasteiger partial charge in [-0.3, -0.25) is 4.79 Å². The van der Waals surface area contributed by atoms with Crippen molar-refractivity contribution in [1.29, 1.82) is 0 Å². The summed E-state index contributed by atoms with van der Waals surface area (Å²) in [5.74, 6) is 0.741. The van der Waals surface area contributed by atoms with Gasteiger partial charge in [0.2, 0.25) is 0 Å². The Morgan fingerprint density at radius 2 is 1.87 bits per heavy atom. The van der Waals surface area contributed by atoms with Crippen molar-refractivity contribution < 1.29 is 14.3 Å². The molecule has 0 aromatic heterocycles. The summed E-state index contributed by atoms with van der Waals surface area (Å²) in [5.41, 5.74) is 0. The molecule has 3 heteroatoms. The smallest absolute Gasteiger partial charge is 0.157 e. The highest BCUT2D eigenvalue weighted by atomic mass is 16.7. The fourth-order valence-corrected chi connectivity index (χ4v) is 2.40. The van der Waals surface area contributed by atoms with Gasteiger partial charge in [-0.15, -0.1) is 0 Å². The van der Waals surface area contributed by atoms with Crippen molar-refractivity contribution in [3.8, 4) is 0 Å². The zero-order chi connectivity index (χ0) is 10.5. The van der Waals surface area contributed by atoms with E-state index in [1.165, 1.54) is 6.42 Å². The lowest BCUT2D eigenvalue weighted by Gasteiger charge is -2.26. The van der Waals surface area contributed by atoms with Crippen molar-refractivity contribution in [2.75, 3.05) is 13.2 Å². The van der Waals surface area contributed by atoms with Crippen molar-refractivity contribution in [3.05, 3.63) is 0 Å². The summed E-state index contributed by atoms with van der Waals surface area (Å²) in [6, 6.07) is 0. The highest BCUT2D eigenvalue weighted by molar-refractivity contribution is 5.81. The third kappa shape index (κ3) is 3.28. The first-order chi connectivity index (χ1) is 7.36. The summed E-state index contributed by atoms with van der Waals surface area (Å²) in [7, 11) is 0.